The normalized spacial score (nSPS) is 24.5. The summed E-state index contributed by atoms with van der Waals surface area (Å²) >= 11 is 0. The fourth-order valence-electron chi connectivity index (χ4n) is 1.42. The Morgan fingerprint density at radius 2 is 1.45 bits per heavy atom. The molecule has 1 saturated heterocycles. The molecule has 0 aliphatic carbocycles. The molecule has 66 valence electrons. The SMILES string of the molecule is CCC1(CC)OCCCCO1. The van der Waals surface area contributed by atoms with Crippen LogP contribution in [0.1, 0.15) is 39.5 Å². The molecule has 0 radical (unpaired) electrons. The van der Waals surface area contributed by atoms with E-state index in [4.69, 9.17) is 9.47 Å². The van der Waals surface area contributed by atoms with Gasteiger partial charge >= 0.3 is 0 Å². The maximum Gasteiger partial charge on any atom is 0.167 e. The van der Waals surface area contributed by atoms with Crippen molar-refractivity contribution in [1.29, 1.82) is 0 Å². The topological polar surface area (TPSA) is 18.5 Å². The van der Waals surface area contributed by atoms with E-state index in [1.165, 1.54) is 0 Å². The molecule has 0 N–H and O–H groups in total. The van der Waals surface area contributed by atoms with Crippen molar-refractivity contribution in [3.05, 3.63) is 0 Å². The van der Waals surface area contributed by atoms with Gasteiger partial charge in [-0.2, -0.15) is 0 Å². The van der Waals surface area contributed by atoms with E-state index >= 15 is 0 Å². The summed E-state index contributed by atoms with van der Waals surface area (Å²) in [6.07, 6.45) is 4.20. The molecule has 11 heavy (non-hydrogen) atoms. The van der Waals surface area contributed by atoms with E-state index in [2.05, 4.69) is 13.8 Å². The van der Waals surface area contributed by atoms with Crippen LogP contribution in [0.25, 0.3) is 0 Å². The molecule has 0 amide bonds. The maximum atomic E-state index is 5.67. The summed E-state index contributed by atoms with van der Waals surface area (Å²) in [5.41, 5.74) is 0. The van der Waals surface area contributed by atoms with E-state index in [1.54, 1.807) is 0 Å². The van der Waals surface area contributed by atoms with Gasteiger partial charge in [0.1, 0.15) is 0 Å². The maximum absolute atomic E-state index is 5.67. The Labute approximate surface area is 68.9 Å². The molecule has 2 heteroatoms. The zero-order valence-corrected chi connectivity index (χ0v) is 7.56. The first kappa shape index (κ1) is 9.01. The Morgan fingerprint density at radius 3 is 1.82 bits per heavy atom. The van der Waals surface area contributed by atoms with Crippen LogP contribution in [-0.2, 0) is 9.47 Å². The van der Waals surface area contributed by atoms with Crippen LogP contribution in [0.2, 0.25) is 0 Å². The first-order chi connectivity index (χ1) is 5.33. The molecule has 1 rings (SSSR count). The Kier molecular flexibility index (Phi) is 3.34. The molecule has 0 aromatic heterocycles. The minimum Gasteiger partial charge on any atom is -0.350 e. The molecular formula is C9H18O2. The van der Waals surface area contributed by atoms with E-state index in [-0.39, 0.29) is 5.79 Å². The summed E-state index contributed by atoms with van der Waals surface area (Å²) < 4.78 is 11.3. The highest BCUT2D eigenvalue weighted by molar-refractivity contribution is 4.67. The van der Waals surface area contributed by atoms with E-state index in [0.29, 0.717) is 0 Å². The fraction of sp³-hybridized carbons (Fsp3) is 1.00. The number of rotatable bonds is 2. The molecule has 2 nitrogen and oxygen atoms in total. The third kappa shape index (κ3) is 2.17. The molecular weight excluding hydrogens is 140 g/mol. The van der Waals surface area contributed by atoms with Crippen molar-refractivity contribution in [2.75, 3.05) is 13.2 Å². The molecule has 1 fully saturated rings. The smallest absolute Gasteiger partial charge is 0.167 e. The number of hydrogen-bond acceptors (Lipinski definition) is 2. The quantitative estimate of drug-likeness (QED) is 0.614. The second-order valence-electron chi connectivity index (χ2n) is 3.02. The largest absolute Gasteiger partial charge is 0.350 e. The molecule has 0 atom stereocenters. The lowest BCUT2D eigenvalue weighted by Crippen LogP contribution is -2.33. The number of ether oxygens (including phenoxy) is 2. The third-order valence-electron chi connectivity index (χ3n) is 2.35. The van der Waals surface area contributed by atoms with Crippen LogP contribution in [0.4, 0.5) is 0 Å². The first-order valence-corrected chi connectivity index (χ1v) is 4.61. The second kappa shape index (κ2) is 4.07. The lowest BCUT2D eigenvalue weighted by Gasteiger charge is -2.29. The van der Waals surface area contributed by atoms with Gasteiger partial charge in [-0.05, 0) is 25.7 Å². The summed E-state index contributed by atoms with van der Waals surface area (Å²) in [4.78, 5) is 0. The van der Waals surface area contributed by atoms with E-state index in [1.807, 2.05) is 0 Å². The van der Waals surface area contributed by atoms with Crippen molar-refractivity contribution < 1.29 is 9.47 Å². The highest BCUT2D eigenvalue weighted by Gasteiger charge is 2.28. The van der Waals surface area contributed by atoms with Crippen molar-refractivity contribution in [1.82, 2.24) is 0 Å². The highest BCUT2D eigenvalue weighted by atomic mass is 16.7. The molecule has 0 spiro atoms. The Bertz CT molecular complexity index is 98.1. The average molecular weight is 158 g/mol. The van der Waals surface area contributed by atoms with Crippen molar-refractivity contribution in [3.8, 4) is 0 Å². The van der Waals surface area contributed by atoms with Crippen LogP contribution in [0.3, 0.4) is 0 Å². The molecule has 0 aromatic carbocycles. The lowest BCUT2D eigenvalue weighted by molar-refractivity contribution is -0.228. The summed E-state index contributed by atoms with van der Waals surface area (Å²) in [6.45, 7) is 5.97. The van der Waals surface area contributed by atoms with Gasteiger partial charge in [-0.1, -0.05) is 13.8 Å². The third-order valence-corrected chi connectivity index (χ3v) is 2.35. The molecule has 1 heterocycles. The van der Waals surface area contributed by atoms with Gasteiger partial charge in [0.15, 0.2) is 5.79 Å². The van der Waals surface area contributed by atoms with Gasteiger partial charge in [0.25, 0.3) is 0 Å². The summed E-state index contributed by atoms with van der Waals surface area (Å²) in [5.74, 6) is -0.253. The standard InChI is InChI=1S/C9H18O2/c1-3-9(4-2)10-7-5-6-8-11-9/h3-8H2,1-2H3. The van der Waals surface area contributed by atoms with E-state index < -0.39 is 0 Å². The monoisotopic (exact) mass is 158 g/mol. The molecule has 1 aliphatic heterocycles. The average Bonchev–Trinajstić information content (AvgIpc) is 2.30. The van der Waals surface area contributed by atoms with Crippen LogP contribution in [0, 0.1) is 0 Å². The minimum absolute atomic E-state index is 0.253. The van der Waals surface area contributed by atoms with Crippen LogP contribution in [0.5, 0.6) is 0 Å². The Balaban J connectivity index is 2.49. The van der Waals surface area contributed by atoms with Crippen molar-refractivity contribution in [2.45, 2.75) is 45.3 Å². The van der Waals surface area contributed by atoms with Crippen LogP contribution in [-0.4, -0.2) is 19.0 Å². The summed E-state index contributed by atoms with van der Waals surface area (Å²) in [7, 11) is 0. The van der Waals surface area contributed by atoms with Crippen molar-refractivity contribution >= 4 is 0 Å². The Morgan fingerprint density at radius 1 is 1.00 bits per heavy atom. The van der Waals surface area contributed by atoms with Gasteiger partial charge in [0, 0.05) is 0 Å². The van der Waals surface area contributed by atoms with Gasteiger partial charge in [-0.3, -0.25) is 0 Å². The van der Waals surface area contributed by atoms with Gasteiger partial charge in [-0.15, -0.1) is 0 Å². The first-order valence-electron chi connectivity index (χ1n) is 4.61. The minimum atomic E-state index is -0.253. The molecule has 0 saturated carbocycles. The van der Waals surface area contributed by atoms with E-state index in [0.717, 1.165) is 38.9 Å². The predicted molar refractivity (Wildman–Crippen MR) is 44.5 cm³/mol. The zero-order valence-electron chi connectivity index (χ0n) is 7.56. The fourth-order valence-corrected chi connectivity index (χ4v) is 1.42. The van der Waals surface area contributed by atoms with Gasteiger partial charge in [0.2, 0.25) is 0 Å². The van der Waals surface area contributed by atoms with Gasteiger partial charge < -0.3 is 9.47 Å². The lowest BCUT2D eigenvalue weighted by atomic mass is 10.1. The molecule has 1 aliphatic rings. The molecule has 0 bridgehead atoms. The second-order valence-corrected chi connectivity index (χ2v) is 3.02. The number of hydrogen-bond donors (Lipinski definition) is 0. The molecule has 0 unspecified atom stereocenters. The highest BCUT2D eigenvalue weighted by Crippen LogP contribution is 2.25. The van der Waals surface area contributed by atoms with Gasteiger partial charge in [-0.25, -0.2) is 0 Å². The summed E-state index contributed by atoms with van der Waals surface area (Å²) in [5, 5.41) is 0. The summed E-state index contributed by atoms with van der Waals surface area (Å²) in [6, 6.07) is 0. The zero-order chi connectivity index (χ0) is 8.16. The van der Waals surface area contributed by atoms with Crippen LogP contribution < -0.4 is 0 Å². The van der Waals surface area contributed by atoms with Crippen molar-refractivity contribution in [2.24, 2.45) is 0 Å². The molecule has 0 aromatic rings. The van der Waals surface area contributed by atoms with Gasteiger partial charge in [0.05, 0.1) is 13.2 Å². The Hall–Kier alpha value is -0.0800. The predicted octanol–water partition coefficient (Wildman–Crippen LogP) is 2.33. The van der Waals surface area contributed by atoms with E-state index in [9.17, 15) is 0 Å². The van der Waals surface area contributed by atoms with Crippen molar-refractivity contribution in [3.63, 3.8) is 0 Å². The van der Waals surface area contributed by atoms with Crippen LogP contribution >= 0.6 is 0 Å². The van der Waals surface area contributed by atoms with Crippen LogP contribution in [0.15, 0.2) is 0 Å².